The van der Waals surface area contributed by atoms with E-state index in [0.717, 1.165) is 5.69 Å². The lowest BCUT2D eigenvalue weighted by molar-refractivity contribution is 0.0940. The third kappa shape index (κ3) is 2.34. The van der Waals surface area contributed by atoms with Gasteiger partial charge in [-0.15, -0.1) is 0 Å². The summed E-state index contributed by atoms with van der Waals surface area (Å²) in [5.74, 6) is -0.238. The Kier molecular flexibility index (Phi) is 3.31. The lowest BCUT2D eigenvalue weighted by Gasteiger charge is -2.06. The highest BCUT2D eigenvalue weighted by atomic mass is 16.2. The molecule has 0 saturated carbocycles. The molecule has 2 aromatic rings. The molecule has 0 spiro atoms. The number of carbonyl (C=O) groups excluding carboxylic acids is 1. The number of rotatable bonds is 4. The van der Waals surface area contributed by atoms with E-state index in [2.05, 4.69) is 15.5 Å². The molecule has 0 fully saturated rings. The second-order valence-electron chi connectivity index (χ2n) is 3.93. The lowest BCUT2D eigenvalue weighted by Crippen LogP contribution is -2.26. The summed E-state index contributed by atoms with van der Waals surface area (Å²) in [4.78, 5) is 12.0. The summed E-state index contributed by atoms with van der Waals surface area (Å²) in [7, 11) is 1.83. The Hall–Kier alpha value is -2.31. The maximum atomic E-state index is 12.0. The van der Waals surface area contributed by atoms with Crippen LogP contribution in [0.15, 0.2) is 18.5 Å². The number of carbonyl (C=O) groups is 1. The quantitative estimate of drug-likeness (QED) is 0.805. The van der Waals surface area contributed by atoms with Gasteiger partial charge in [0.15, 0.2) is 0 Å². The number of aromatic nitrogens is 4. The Morgan fingerprint density at radius 1 is 1.56 bits per heavy atom. The van der Waals surface area contributed by atoms with Gasteiger partial charge in [-0.25, -0.2) is 0 Å². The van der Waals surface area contributed by atoms with Crippen molar-refractivity contribution in [2.75, 3.05) is 5.73 Å². The second kappa shape index (κ2) is 4.91. The summed E-state index contributed by atoms with van der Waals surface area (Å²) in [5, 5.41) is 11.0. The molecule has 0 radical (unpaired) electrons. The van der Waals surface area contributed by atoms with Gasteiger partial charge in [-0.2, -0.15) is 10.2 Å². The number of nitrogen functional groups attached to an aromatic ring is 1. The Bertz CT molecular complexity index is 556. The summed E-state index contributed by atoms with van der Waals surface area (Å²) in [6, 6.07) is 1.85. The second-order valence-corrected chi connectivity index (χ2v) is 3.93. The number of nitrogens with two attached hydrogens (primary N) is 1. The van der Waals surface area contributed by atoms with Crippen LogP contribution in [0.2, 0.25) is 0 Å². The Balaban J connectivity index is 2.05. The van der Waals surface area contributed by atoms with E-state index in [9.17, 15) is 4.79 Å². The number of anilines is 1. The average Bonchev–Trinajstić information content (AvgIpc) is 2.92. The van der Waals surface area contributed by atoms with Crippen LogP contribution >= 0.6 is 0 Å². The molecule has 0 bridgehead atoms. The van der Waals surface area contributed by atoms with E-state index in [-0.39, 0.29) is 5.91 Å². The molecule has 0 aromatic carbocycles. The molecule has 96 valence electrons. The van der Waals surface area contributed by atoms with Crippen LogP contribution in [0.1, 0.15) is 23.1 Å². The van der Waals surface area contributed by atoms with E-state index in [1.165, 1.54) is 6.20 Å². The first-order valence-electron chi connectivity index (χ1n) is 5.69. The predicted molar refractivity (Wildman–Crippen MR) is 66.7 cm³/mol. The zero-order chi connectivity index (χ0) is 13.1. The molecule has 7 heteroatoms. The van der Waals surface area contributed by atoms with Gasteiger partial charge in [0, 0.05) is 19.8 Å². The normalized spacial score (nSPS) is 10.6. The molecule has 18 heavy (non-hydrogen) atoms. The van der Waals surface area contributed by atoms with Gasteiger partial charge in [0.25, 0.3) is 5.91 Å². The molecule has 1 amide bonds. The van der Waals surface area contributed by atoms with Crippen molar-refractivity contribution < 1.29 is 4.79 Å². The topological polar surface area (TPSA) is 90.8 Å². The van der Waals surface area contributed by atoms with Crippen molar-refractivity contribution in [3.63, 3.8) is 0 Å². The van der Waals surface area contributed by atoms with Gasteiger partial charge in [-0.1, -0.05) is 0 Å². The number of nitrogens with one attached hydrogen (secondary N) is 1. The minimum absolute atomic E-state index is 0.238. The molecular weight excluding hydrogens is 232 g/mol. The van der Waals surface area contributed by atoms with Crippen molar-refractivity contribution in [2.45, 2.75) is 20.0 Å². The molecule has 0 unspecified atom stereocenters. The molecule has 7 nitrogen and oxygen atoms in total. The van der Waals surface area contributed by atoms with E-state index in [0.29, 0.717) is 24.5 Å². The molecule has 2 heterocycles. The minimum atomic E-state index is -0.238. The molecule has 2 aromatic heterocycles. The first kappa shape index (κ1) is 12.2. The highest BCUT2D eigenvalue weighted by molar-refractivity contribution is 5.97. The van der Waals surface area contributed by atoms with Gasteiger partial charge >= 0.3 is 0 Å². The Morgan fingerprint density at radius 3 is 2.94 bits per heavy atom. The van der Waals surface area contributed by atoms with Crippen LogP contribution in [0.4, 0.5) is 5.69 Å². The maximum absolute atomic E-state index is 12.0. The summed E-state index contributed by atoms with van der Waals surface area (Å²) in [5.41, 5.74) is 7.31. The van der Waals surface area contributed by atoms with Crippen molar-refractivity contribution in [1.82, 2.24) is 24.9 Å². The van der Waals surface area contributed by atoms with Gasteiger partial charge < -0.3 is 11.1 Å². The average molecular weight is 248 g/mol. The van der Waals surface area contributed by atoms with Crippen LogP contribution in [0.5, 0.6) is 0 Å². The van der Waals surface area contributed by atoms with Crippen molar-refractivity contribution in [3.8, 4) is 0 Å². The molecule has 3 N–H and O–H groups in total. The first-order valence-corrected chi connectivity index (χ1v) is 5.69. The summed E-state index contributed by atoms with van der Waals surface area (Å²) < 4.78 is 3.26. The van der Waals surface area contributed by atoms with Gasteiger partial charge in [-0.05, 0) is 13.0 Å². The van der Waals surface area contributed by atoms with Crippen LogP contribution in [-0.4, -0.2) is 25.5 Å². The summed E-state index contributed by atoms with van der Waals surface area (Å²) in [6.07, 6.45) is 3.31. The highest BCUT2D eigenvalue weighted by Gasteiger charge is 2.15. The number of aryl methyl sites for hydroxylation is 2. The molecule has 0 atom stereocenters. The Labute approximate surface area is 105 Å². The summed E-state index contributed by atoms with van der Waals surface area (Å²) in [6.45, 7) is 2.87. The van der Waals surface area contributed by atoms with Crippen LogP contribution in [0, 0.1) is 0 Å². The third-order valence-electron chi connectivity index (χ3n) is 2.58. The highest BCUT2D eigenvalue weighted by Crippen LogP contribution is 2.10. The zero-order valence-corrected chi connectivity index (χ0v) is 10.4. The van der Waals surface area contributed by atoms with Crippen molar-refractivity contribution in [3.05, 3.63) is 29.8 Å². The van der Waals surface area contributed by atoms with Crippen LogP contribution < -0.4 is 11.1 Å². The SMILES string of the molecule is CCn1ncc(N)c1C(=O)NCc1ccn(C)n1. The fourth-order valence-electron chi connectivity index (χ4n) is 1.70. The van der Waals surface area contributed by atoms with E-state index < -0.39 is 0 Å². The van der Waals surface area contributed by atoms with E-state index in [1.54, 1.807) is 9.36 Å². The number of hydrogen-bond donors (Lipinski definition) is 2. The van der Waals surface area contributed by atoms with Gasteiger partial charge in [0.2, 0.25) is 0 Å². The van der Waals surface area contributed by atoms with Crippen molar-refractivity contribution in [2.24, 2.45) is 7.05 Å². The van der Waals surface area contributed by atoms with E-state index in [4.69, 9.17) is 5.73 Å². The zero-order valence-electron chi connectivity index (χ0n) is 10.4. The van der Waals surface area contributed by atoms with Crippen LogP contribution in [-0.2, 0) is 20.1 Å². The van der Waals surface area contributed by atoms with E-state index >= 15 is 0 Å². The largest absolute Gasteiger partial charge is 0.396 e. The fourth-order valence-corrected chi connectivity index (χ4v) is 1.70. The van der Waals surface area contributed by atoms with Crippen LogP contribution in [0.3, 0.4) is 0 Å². The third-order valence-corrected chi connectivity index (χ3v) is 2.58. The fraction of sp³-hybridized carbons (Fsp3) is 0.364. The van der Waals surface area contributed by atoms with Crippen molar-refractivity contribution >= 4 is 11.6 Å². The number of nitrogens with zero attached hydrogens (tertiary/aromatic N) is 4. The van der Waals surface area contributed by atoms with Gasteiger partial charge in [0.05, 0.1) is 24.1 Å². The standard InChI is InChI=1S/C11H16N6O/c1-3-17-10(9(12)7-14-17)11(18)13-6-8-4-5-16(2)15-8/h4-5,7H,3,6,12H2,1-2H3,(H,13,18). The molecule has 2 rings (SSSR count). The molecular formula is C11H16N6O. The van der Waals surface area contributed by atoms with Crippen LogP contribution in [0.25, 0.3) is 0 Å². The monoisotopic (exact) mass is 248 g/mol. The van der Waals surface area contributed by atoms with E-state index in [1.807, 2.05) is 26.2 Å². The van der Waals surface area contributed by atoms with Crippen molar-refractivity contribution in [1.29, 1.82) is 0 Å². The Morgan fingerprint density at radius 2 is 2.33 bits per heavy atom. The summed E-state index contributed by atoms with van der Waals surface area (Å²) >= 11 is 0. The predicted octanol–water partition coefficient (Wildman–Crippen LogP) is 0.149. The number of amides is 1. The maximum Gasteiger partial charge on any atom is 0.272 e. The first-order chi connectivity index (χ1) is 8.61. The molecule has 0 aliphatic rings. The van der Waals surface area contributed by atoms with Gasteiger partial charge in [0.1, 0.15) is 5.69 Å². The molecule has 0 saturated heterocycles. The smallest absolute Gasteiger partial charge is 0.272 e. The lowest BCUT2D eigenvalue weighted by atomic mass is 10.3. The number of hydrogen-bond acceptors (Lipinski definition) is 4. The van der Waals surface area contributed by atoms with Gasteiger partial charge in [-0.3, -0.25) is 14.2 Å². The molecule has 0 aliphatic carbocycles. The minimum Gasteiger partial charge on any atom is -0.396 e. The molecule has 0 aliphatic heterocycles.